The average Bonchev–Trinajstić information content (AvgIpc) is 3.20. The van der Waals surface area contributed by atoms with Crippen molar-refractivity contribution in [2.45, 2.75) is 25.8 Å². The number of amides is 3. The van der Waals surface area contributed by atoms with Gasteiger partial charge in [-0.3, -0.25) is 14.6 Å². The summed E-state index contributed by atoms with van der Waals surface area (Å²) in [4.78, 5) is 33.1. The number of anilines is 1. The number of nitriles is 1. The number of rotatable bonds is 7. The zero-order valence-electron chi connectivity index (χ0n) is 22.0. The lowest BCUT2D eigenvalue weighted by atomic mass is 9.82. The van der Waals surface area contributed by atoms with Crippen LogP contribution in [0.5, 0.6) is 0 Å². The molecule has 0 unspecified atom stereocenters. The Hall–Kier alpha value is -4.15. The van der Waals surface area contributed by atoms with E-state index >= 15 is 0 Å². The molecule has 0 radical (unpaired) electrons. The summed E-state index contributed by atoms with van der Waals surface area (Å²) in [6, 6.07) is 25.3. The monoisotopic (exact) mass is 507 g/mol. The normalized spacial score (nSPS) is 17.4. The third kappa shape index (κ3) is 4.75. The van der Waals surface area contributed by atoms with Crippen LogP contribution in [0.2, 0.25) is 0 Å². The van der Waals surface area contributed by atoms with Gasteiger partial charge in [0.15, 0.2) is 5.54 Å². The fourth-order valence-electron chi connectivity index (χ4n) is 5.45. The lowest BCUT2D eigenvalue weighted by molar-refractivity contribution is -0.130. The number of urea groups is 1. The molecule has 1 N–H and O–H groups in total. The Balaban J connectivity index is 1.25. The van der Waals surface area contributed by atoms with E-state index in [0.717, 1.165) is 60.7 Å². The van der Waals surface area contributed by atoms with E-state index in [-0.39, 0.29) is 11.9 Å². The lowest BCUT2D eigenvalue weighted by Crippen LogP contribution is -2.47. The Morgan fingerprint density at radius 1 is 0.816 bits per heavy atom. The molecule has 2 aliphatic rings. The molecule has 0 aliphatic carbocycles. The number of piperazine rings is 1. The molecule has 2 fully saturated rings. The van der Waals surface area contributed by atoms with Gasteiger partial charge < -0.3 is 10.2 Å². The first-order chi connectivity index (χ1) is 18.4. The molecular formula is C31H33N5O2. The van der Waals surface area contributed by atoms with Crippen molar-refractivity contribution in [1.82, 2.24) is 15.1 Å². The number of nitrogens with zero attached hydrogens (tertiary/aromatic N) is 4. The highest BCUT2D eigenvalue weighted by Gasteiger charge is 2.53. The molecule has 2 saturated heterocycles. The van der Waals surface area contributed by atoms with Gasteiger partial charge in [-0.05, 0) is 50.1 Å². The van der Waals surface area contributed by atoms with Crippen LogP contribution in [0.3, 0.4) is 0 Å². The van der Waals surface area contributed by atoms with Gasteiger partial charge in [0, 0.05) is 32.7 Å². The van der Waals surface area contributed by atoms with E-state index in [1.54, 1.807) is 0 Å². The van der Waals surface area contributed by atoms with Crippen LogP contribution in [0, 0.1) is 25.2 Å². The largest absolute Gasteiger partial charge is 0.368 e. The zero-order chi connectivity index (χ0) is 26.7. The highest BCUT2D eigenvalue weighted by Crippen LogP contribution is 2.36. The summed E-state index contributed by atoms with van der Waals surface area (Å²) in [5.41, 5.74) is 4.18. The summed E-state index contributed by atoms with van der Waals surface area (Å²) >= 11 is 0. The van der Waals surface area contributed by atoms with E-state index in [2.05, 4.69) is 21.2 Å². The minimum Gasteiger partial charge on any atom is -0.368 e. The van der Waals surface area contributed by atoms with E-state index in [4.69, 9.17) is 0 Å². The Morgan fingerprint density at radius 2 is 1.39 bits per heavy atom. The second-order valence-electron chi connectivity index (χ2n) is 10.2. The summed E-state index contributed by atoms with van der Waals surface area (Å²) in [6.45, 7) is 8.59. The van der Waals surface area contributed by atoms with Gasteiger partial charge in [-0.15, -0.1) is 0 Å². The number of carbonyl (C=O) groups excluding carboxylic acids is 2. The van der Waals surface area contributed by atoms with Crippen molar-refractivity contribution < 1.29 is 9.59 Å². The summed E-state index contributed by atoms with van der Waals surface area (Å²) < 4.78 is 0. The molecule has 0 spiro atoms. The molecule has 2 aliphatic heterocycles. The van der Waals surface area contributed by atoms with Gasteiger partial charge in [-0.1, -0.05) is 71.8 Å². The third-order valence-corrected chi connectivity index (χ3v) is 7.67. The maximum Gasteiger partial charge on any atom is 0.325 e. The van der Waals surface area contributed by atoms with Crippen LogP contribution >= 0.6 is 0 Å². The lowest BCUT2D eigenvalue weighted by Gasteiger charge is -2.36. The van der Waals surface area contributed by atoms with Crippen molar-refractivity contribution in [3.63, 3.8) is 0 Å². The number of imide groups is 1. The van der Waals surface area contributed by atoms with Crippen molar-refractivity contribution >= 4 is 17.6 Å². The number of benzene rings is 3. The minimum absolute atomic E-state index is 0.229. The average molecular weight is 508 g/mol. The molecule has 3 amide bonds. The Bertz CT molecular complexity index is 1310. The fourth-order valence-corrected chi connectivity index (χ4v) is 5.45. The number of aryl methyl sites for hydroxylation is 2. The van der Waals surface area contributed by atoms with Crippen molar-refractivity contribution in [1.29, 1.82) is 5.26 Å². The van der Waals surface area contributed by atoms with E-state index in [1.807, 2.05) is 86.6 Å². The standard InChI is InChI=1S/C31H33N5O2/c1-23-8-12-26(13-9-23)31(27-14-10-24(2)11-15-27)29(37)36(30(38)33-31)17-5-16-34-18-20-35(21-19-34)28-7-4-3-6-25(28)22-32/h3-4,6-15H,5,16-21H2,1-2H3,(H,33,38). The van der Waals surface area contributed by atoms with Crippen LogP contribution in [0.15, 0.2) is 72.8 Å². The molecular weight excluding hydrogens is 474 g/mol. The molecule has 0 aromatic heterocycles. The predicted octanol–water partition coefficient (Wildman–Crippen LogP) is 4.18. The van der Waals surface area contributed by atoms with Crippen molar-refractivity contribution in [3.05, 3.63) is 101 Å². The molecule has 2 heterocycles. The van der Waals surface area contributed by atoms with Gasteiger partial charge in [-0.25, -0.2) is 4.79 Å². The minimum atomic E-state index is -1.22. The first-order valence-corrected chi connectivity index (χ1v) is 13.2. The molecule has 0 atom stereocenters. The summed E-state index contributed by atoms with van der Waals surface area (Å²) in [5, 5.41) is 12.5. The van der Waals surface area contributed by atoms with Crippen LogP contribution in [-0.4, -0.2) is 61.0 Å². The highest BCUT2D eigenvalue weighted by molar-refractivity contribution is 6.09. The maximum atomic E-state index is 13.9. The quantitative estimate of drug-likeness (QED) is 0.486. The summed E-state index contributed by atoms with van der Waals surface area (Å²) in [6.07, 6.45) is 0.700. The first kappa shape index (κ1) is 25.5. The molecule has 5 rings (SSSR count). The molecule has 38 heavy (non-hydrogen) atoms. The Labute approximate surface area is 224 Å². The fraction of sp³-hybridized carbons (Fsp3) is 0.323. The van der Waals surface area contributed by atoms with Crippen LogP contribution in [0.4, 0.5) is 10.5 Å². The van der Waals surface area contributed by atoms with Crippen LogP contribution in [0.1, 0.15) is 34.2 Å². The summed E-state index contributed by atoms with van der Waals surface area (Å²) in [7, 11) is 0. The van der Waals surface area contributed by atoms with Gasteiger partial charge in [0.05, 0.1) is 11.3 Å². The predicted molar refractivity (Wildman–Crippen MR) is 148 cm³/mol. The molecule has 3 aromatic carbocycles. The molecule has 7 heteroatoms. The molecule has 3 aromatic rings. The van der Waals surface area contributed by atoms with Gasteiger partial charge in [0.2, 0.25) is 0 Å². The number of para-hydroxylation sites is 1. The second kappa shape index (κ2) is 10.7. The van der Waals surface area contributed by atoms with Crippen molar-refractivity contribution in [3.8, 4) is 6.07 Å². The van der Waals surface area contributed by atoms with Gasteiger partial charge >= 0.3 is 6.03 Å². The van der Waals surface area contributed by atoms with E-state index < -0.39 is 5.54 Å². The van der Waals surface area contributed by atoms with E-state index in [1.165, 1.54) is 4.90 Å². The molecule has 7 nitrogen and oxygen atoms in total. The van der Waals surface area contributed by atoms with Crippen LogP contribution in [-0.2, 0) is 10.3 Å². The van der Waals surface area contributed by atoms with Crippen LogP contribution < -0.4 is 10.2 Å². The Morgan fingerprint density at radius 3 is 1.97 bits per heavy atom. The first-order valence-electron chi connectivity index (χ1n) is 13.2. The molecule has 0 saturated carbocycles. The topological polar surface area (TPSA) is 79.7 Å². The maximum absolute atomic E-state index is 13.9. The Kier molecular flexibility index (Phi) is 7.17. The number of hydrogen-bond donors (Lipinski definition) is 1. The number of carbonyl (C=O) groups is 2. The van der Waals surface area contributed by atoms with Gasteiger partial charge in [-0.2, -0.15) is 5.26 Å². The molecule has 194 valence electrons. The van der Waals surface area contributed by atoms with E-state index in [9.17, 15) is 14.9 Å². The highest BCUT2D eigenvalue weighted by atomic mass is 16.2. The molecule has 0 bridgehead atoms. The number of nitrogens with one attached hydrogen (secondary N) is 1. The SMILES string of the molecule is Cc1ccc(C2(c3ccc(C)cc3)NC(=O)N(CCCN3CCN(c4ccccc4C#N)CC3)C2=O)cc1. The van der Waals surface area contributed by atoms with E-state index in [0.29, 0.717) is 18.5 Å². The zero-order valence-corrected chi connectivity index (χ0v) is 22.0. The van der Waals surface area contributed by atoms with Crippen molar-refractivity contribution in [2.75, 3.05) is 44.2 Å². The smallest absolute Gasteiger partial charge is 0.325 e. The van der Waals surface area contributed by atoms with Gasteiger partial charge in [0.1, 0.15) is 6.07 Å². The second-order valence-corrected chi connectivity index (χ2v) is 10.2. The third-order valence-electron chi connectivity index (χ3n) is 7.67. The van der Waals surface area contributed by atoms with Gasteiger partial charge in [0.25, 0.3) is 5.91 Å². The van der Waals surface area contributed by atoms with Crippen molar-refractivity contribution in [2.24, 2.45) is 0 Å². The summed E-state index contributed by atoms with van der Waals surface area (Å²) in [5.74, 6) is -0.229. The van der Waals surface area contributed by atoms with Crippen LogP contribution in [0.25, 0.3) is 0 Å². The number of hydrogen-bond acceptors (Lipinski definition) is 5.